The molecular formula is C14H13NO2. The van der Waals surface area contributed by atoms with Gasteiger partial charge < -0.3 is 9.73 Å². The van der Waals surface area contributed by atoms with Crippen molar-refractivity contribution in [1.29, 1.82) is 0 Å². The lowest BCUT2D eigenvalue weighted by atomic mass is 9.94. The van der Waals surface area contributed by atoms with Crippen LogP contribution in [-0.4, -0.2) is 12.3 Å². The number of anilines is 1. The molecule has 1 N–H and O–H groups in total. The Morgan fingerprint density at radius 1 is 1.24 bits per heavy atom. The van der Waals surface area contributed by atoms with E-state index in [1.165, 1.54) is 6.26 Å². The minimum absolute atomic E-state index is 0.0319. The van der Waals surface area contributed by atoms with Gasteiger partial charge in [-0.3, -0.25) is 4.79 Å². The topological polar surface area (TPSA) is 42.2 Å². The molecule has 0 fully saturated rings. The number of carbonyl (C=O) groups is 1. The second-order valence-electron chi connectivity index (χ2n) is 4.17. The molecule has 1 aliphatic heterocycles. The number of benzene rings is 1. The molecule has 2 aromatic rings. The monoisotopic (exact) mass is 227 g/mol. The number of furan rings is 1. The lowest BCUT2D eigenvalue weighted by Gasteiger charge is -2.19. The lowest BCUT2D eigenvalue weighted by molar-refractivity contribution is 0.101. The molecule has 1 aromatic carbocycles. The van der Waals surface area contributed by atoms with Crippen molar-refractivity contribution in [1.82, 2.24) is 0 Å². The third kappa shape index (κ3) is 1.73. The summed E-state index contributed by atoms with van der Waals surface area (Å²) >= 11 is 0. The largest absolute Gasteiger partial charge is 0.461 e. The number of carbonyl (C=O) groups excluding carboxylic acids is 1. The molecule has 0 radical (unpaired) electrons. The van der Waals surface area contributed by atoms with Gasteiger partial charge in [0.2, 0.25) is 5.78 Å². The Hall–Kier alpha value is -2.03. The van der Waals surface area contributed by atoms with Crippen molar-refractivity contribution in [2.45, 2.75) is 12.8 Å². The molecule has 1 aliphatic rings. The van der Waals surface area contributed by atoms with Gasteiger partial charge in [-0.1, -0.05) is 12.1 Å². The lowest BCUT2D eigenvalue weighted by Crippen LogP contribution is -2.15. The van der Waals surface area contributed by atoms with Gasteiger partial charge in [0.15, 0.2) is 5.76 Å². The van der Waals surface area contributed by atoms with Gasteiger partial charge in [-0.05, 0) is 36.6 Å². The van der Waals surface area contributed by atoms with Gasteiger partial charge in [-0.15, -0.1) is 0 Å². The second kappa shape index (κ2) is 4.09. The molecule has 1 aromatic heterocycles. The van der Waals surface area contributed by atoms with Crippen LogP contribution in [0.1, 0.15) is 28.1 Å². The van der Waals surface area contributed by atoms with Gasteiger partial charge in [0.25, 0.3) is 0 Å². The Morgan fingerprint density at radius 2 is 2.18 bits per heavy atom. The van der Waals surface area contributed by atoms with Crippen LogP contribution >= 0.6 is 0 Å². The summed E-state index contributed by atoms with van der Waals surface area (Å²) in [5, 5.41) is 3.32. The molecule has 0 unspecified atom stereocenters. The highest BCUT2D eigenvalue weighted by Gasteiger charge is 2.19. The molecule has 0 amide bonds. The average molecular weight is 227 g/mol. The SMILES string of the molecule is O=C(c1ccco1)c1cccc2c1CCCN2. The Morgan fingerprint density at radius 3 is 3.00 bits per heavy atom. The summed E-state index contributed by atoms with van der Waals surface area (Å²) in [6, 6.07) is 9.25. The van der Waals surface area contributed by atoms with Gasteiger partial charge in [-0.2, -0.15) is 0 Å². The molecule has 17 heavy (non-hydrogen) atoms. The molecule has 2 heterocycles. The first-order chi connectivity index (χ1) is 8.36. The first kappa shape index (κ1) is 10.1. The van der Waals surface area contributed by atoms with E-state index in [-0.39, 0.29) is 5.78 Å². The van der Waals surface area contributed by atoms with E-state index in [1.807, 2.05) is 18.2 Å². The number of hydrogen-bond acceptors (Lipinski definition) is 3. The second-order valence-corrected chi connectivity index (χ2v) is 4.17. The van der Waals surface area contributed by atoms with Crippen molar-refractivity contribution in [2.75, 3.05) is 11.9 Å². The van der Waals surface area contributed by atoms with E-state index >= 15 is 0 Å². The Labute approximate surface area is 99.4 Å². The van der Waals surface area contributed by atoms with Crippen molar-refractivity contribution in [3.8, 4) is 0 Å². The van der Waals surface area contributed by atoms with E-state index in [0.717, 1.165) is 36.2 Å². The third-order valence-corrected chi connectivity index (χ3v) is 3.08. The zero-order chi connectivity index (χ0) is 11.7. The maximum Gasteiger partial charge on any atom is 0.228 e. The standard InChI is InChI=1S/C14H13NO2/c16-14(13-7-3-9-17-13)11-4-1-6-12-10(11)5-2-8-15-12/h1,3-4,6-7,9,15H,2,5,8H2. The molecule has 0 bridgehead atoms. The quantitative estimate of drug-likeness (QED) is 0.802. The van der Waals surface area contributed by atoms with E-state index in [0.29, 0.717) is 5.76 Å². The fourth-order valence-corrected chi connectivity index (χ4v) is 2.26. The number of ketones is 1. The first-order valence-corrected chi connectivity index (χ1v) is 5.80. The summed E-state index contributed by atoms with van der Waals surface area (Å²) in [6.45, 7) is 0.978. The van der Waals surface area contributed by atoms with Crippen molar-refractivity contribution in [3.63, 3.8) is 0 Å². The van der Waals surface area contributed by atoms with Gasteiger partial charge in [0.05, 0.1) is 6.26 Å². The predicted octanol–water partition coefficient (Wildman–Crippen LogP) is 2.87. The summed E-state index contributed by atoms with van der Waals surface area (Å²) in [6.07, 6.45) is 3.54. The highest BCUT2D eigenvalue weighted by atomic mass is 16.3. The van der Waals surface area contributed by atoms with E-state index < -0.39 is 0 Å². The van der Waals surface area contributed by atoms with Crippen molar-refractivity contribution < 1.29 is 9.21 Å². The molecule has 0 saturated heterocycles. The van der Waals surface area contributed by atoms with Crippen LogP contribution in [-0.2, 0) is 6.42 Å². The van der Waals surface area contributed by atoms with E-state index in [4.69, 9.17) is 4.42 Å². The van der Waals surface area contributed by atoms with E-state index in [9.17, 15) is 4.79 Å². The van der Waals surface area contributed by atoms with Crippen LogP contribution in [0.3, 0.4) is 0 Å². The molecule has 0 saturated carbocycles. The maximum absolute atomic E-state index is 12.3. The normalized spacial score (nSPS) is 13.9. The Kier molecular flexibility index (Phi) is 2.44. The fraction of sp³-hybridized carbons (Fsp3) is 0.214. The van der Waals surface area contributed by atoms with Crippen LogP contribution in [0.4, 0.5) is 5.69 Å². The van der Waals surface area contributed by atoms with Crippen LogP contribution in [0.5, 0.6) is 0 Å². The predicted molar refractivity (Wildman–Crippen MR) is 65.4 cm³/mol. The number of hydrogen-bond donors (Lipinski definition) is 1. The van der Waals surface area contributed by atoms with Gasteiger partial charge in [-0.25, -0.2) is 0 Å². The highest BCUT2D eigenvalue weighted by molar-refractivity contribution is 6.08. The summed E-state index contributed by atoms with van der Waals surface area (Å²) in [4.78, 5) is 12.3. The van der Waals surface area contributed by atoms with E-state index in [1.54, 1.807) is 12.1 Å². The Balaban J connectivity index is 2.06. The van der Waals surface area contributed by atoms with Gasteiger partial charge in [0.1, 0.15) is 0 Å². The summed E-state index contributed by atoms with van der Waals surface area (Å²) in [5.41, 5.74) is 2.94. The smallest absolute Gasteiger partial charge is 0.228 e. The molecular weight excluding hydrogens is 214 g/mol. The van der Waals surface area contributed by atoms with Crippen molar-refractivity contribution in [2.24, 2.45) is 0 Å². The Bertz CT molecular complexity index is 543. The number of fused-ring (bicyclic) bond motifs is 1. The number of nitrogens with one attached hydrogen (secondary N) is 1. The minimum Gasteiger partial charge on any atom is -0.461 e. The van der Waals surface area contributed by atoms with Crippen LogP contribution in [0.2, 0.25) is 0 Å². The van der Waals surface area contributed by atoms with Crippen LogP contribution in [0.15, 0.2) is 41.0 Å². The fourth-order valence-electron chi connectivity index (χ4n) is 2.26. The molecule has 0 aliphatic carbocycles. The molecule has 3 rings (SSSR count). The highest BCUT2D eigenvalue weighted by Crippen LogP contribution is 2.27. The minimum atomic E-state index is -0.0319. The molecule has 0 atom stereocenters. The summed E-state index contributed by atoms with van der Waals surface area (Å²) < 4.78 is 5.17. The van der Waals surface area contributed by atoms with Crippen LogP contribution in [0, 0.1) is 0 Å². The third-order valence-electron chi connectivity index (χ3n) is 3.08. The zero-order valence-corrected chi connectivity index (χ0v) is 9.40. The van der Waals surface area contributed by atoms with Gasteiger partial charge in [0, 0.05) is 17.8 Å². The first-order valence-electron chi connectivity index (χ1n) is 5.80. The zero-order valence-electron chi connectivity index (χ0n) is 9.40. The molecule has 3 nitrogen and oxygen atoms in total. The molecule has 0 spiro atoms. The summed E-state index contributed by atoms with van der Waals surface area (Å²) in [7, 11) is 0. The molecule has 3 heteroatoms. The van der Waals surface area contributed by atoms with Crippen molar-refractivity contribution >= 4 is 11.5 Å². The van der Waals surface area contributed by atoms with Crippen LogP contribution in [0.25, 0.3) is 0 Å². The van der Waals surface area contributed by atoms with Gasteiger partial charge >= 0.3 is 0 Å². The van der Waals surface area contributed by atoms with Crippen molar-refractivity contribution in [3.05, 3.63) is 53.5 Å². The van der Waals surface area contributed by atoms with Crippen LogP contribution < -0.4 is 5.32 Å². The number of rotatable bonds is 2. The molecule has 86 valence electrons. The van der Waals surface area contributed by atoms with E-state index in [2.05, 4.69) is 5.32 Å². The maximum atomic E-state index is 12.3. The average Bonchev–Trinajstić information content (AvgIpc) is 2.91. The summed E-state index contributed by atoms with van der Waals surface area (Å²) in [5.74, 6) is 0.375.